The highest BCUT2D eigenvalue weighted by atomic mass is 32.2. The minimum Gasteiger partial charge on any atom is -0.321 e. The Morgan fingerprint density at radius 3 is 2.67 bits per heavy atom. The fraction of sp³-hybridized carbons (Fsp3) is 0.381. The van der Waals surface area contributed by atoms with Crippen molar-refractivity contribution in [2.75, 3.05) is 21.9 Å². The van der Waals surface area contributed by atoms with Crippen molar-refractivity contribution in [1.82, 2.24) is 0 Å². The fourth-order valence-corrected chi connectivity index (χ4v) is 4.73. The maximum absolute atomic E-state index is 12.8. The van der Waals surface area contributed by atoms with Gasteiger partial charge in [0.05, 0.1) is 11.4 Å². The van der Waals surface area contributed by atoms with Crippen molar-refractivity contribution < 1.29 is 13.2 Å². The lowest BCUT2D eigenvalue weighted by Crippen LogP contribution is -2.36. The van der Waals surface area contributed by atoms with Crippen molar-refractivity contribution in [3.63, 3.8) is 0 Å². The summed E-state index contributed by atoms with van der Waals surface area (Å²) in [5.41, 5.74) is 5.14. The summed E-state index contributed by atoms with van der Waals surface area (Å²) in [5.74, 6) is -0.0980. The van der Waals surface area contributed by atoms with E-state index < -0.39 is 10.0 Å². The van der Waals surface area contributed by atoms with E-state index in [4.69, 9.17) is 0 Å². The molecule has 5 nitrogen and oxygen atoms in total. The van der Waals surface area contributed by atoms with Crippen molar-refractivity contribution in [2.24, 2.45) is 0 Å². The van der Waals surface area contributed by atoms with E-state index in [1.54, 1.807) is 19.1 Å². The molecule has 0 atom stereocenters. The molecule has 0 saturated heterocycles. The van der Waals surface area contributed by atoms with Gasteiger partial charge in [0.25, 0.3) is 5.91 Å². The van der Waals surface area contributed by atoms with E-state index in [0.717, 1.165) is 41.6 Å². The molecule has 6 heteroatoms. The molecule has 1 aliphatic rings. The first-order valence-corrected chi connectivity index (χ1v) is 11.0. The molecule has 2 aromatic carbocycles. The lowest BCUT2D eigenvalue weighted by Gasteiger charge is -2.30. The SMILES string of the molecule is CCc1cccc(C)c1NC(=O)c1ccc2c(c1)CCCN2S(=O)(=O)CC. The van der Waals surface area contributed by atoms with E-state index in [-0.39, 0.29) is 11.7 Å². The number of aryl methyl sites for hydroxylation is 3. The minimum atomic E-state index is -3.30. The molecule has 0 unspecified atom stereocenters. The number of sulfonamides is 1. The number of hydrogen-bond donors (Lipinski definition) is 1. The summed E-state index contributed by atoms with van der Waals surface area (Å²) >= 11 is 0. The van der Waals surface area contributed by atoms with Crippen LogP contribution in [0.5, 0.6) is 0 Å². The van der Waals surface area contributed by atoms with Gasteiger partial charge in [-0.05, 0) is 68.0 Å². The molecule has 1 amide bonds. The summed E-state index contributed by atoms with van der Waals surface area (Å²) in [5, 5.41) is 3.03. The van der Waals surface area contributed by atoms with Crippen LogP contribution in [0.4, 0.5) is 11.4 Å². The maximum atomic E-state index is 12.8. The second-order valence-corrected chi connectivity index (χ2v) is 9.02. The number of amides is 1. The molecule has 0 fully saturated rings. The predicted octanol–water partition coefficient (Wildman–Crippen LogP) is 3.91. The van der Waals surface area contributed by atoms with Crippen molar-refractivity contribution in [3.05, 3.63) is 58.7 Å². The van der Waals surface area contributed by atoms with Crippen LogP contribution in [0, 0.1) is 6.92 Å². The van der Waals surface area contributed by atoms with Crippen molar-refractivity contribution in [3.8, 4) is 0 Å². The Balaban J connectivity index is 1.91. The van der Waals surface area contributed by atoms with E-state index in [1.165, 1.54) is 4.31 Å². The Kier molecular flexibility index (Phi) is 5.56. The number of nitrogens with one attached hydrogen (secondary N) is 1. The van der Waals surface area contributed by atoms with E-state index in [0.29, 0.717) is 17.8 Å². The monoisotopic (exact) mass is 386 g/mol. The molecule has 1 N–H and O–H groups in total. The van der Waals surface area contributed by atoms with Gasteiger partial charge in [-0.25, -0.2) is 8.42 Å². The normalized spacial score (nSPS) is 14.0. The Bertz CT molecular complexity index is 967. The molecule has 0 saturated carbocycles. The van der Waals surface area contributed by atoms with Crippen molar-refractivity contribution in [1.29, 1.82) is 0 Å². The number of fused-ring (bicyclic) bond motifs is 1. The molecule has 1 aliphatic heterocycles. The molecular weight excluding hydrogens is 360 g/mol. The van der Waals surface area contributed by atoms with Crippen molar-refractivity contribution >= 4 is 27.3 Å². The highest BCUT2D eigenvalue weighted by molar-refractivity contribution is 7.92. The summed E-state index contributed by atoms with van der Waals surface area (Å²) < 4.78 is 26.1. The van der Waals surface area contributed by atoms with Gasteiger partial charge in [0.15, 0.2) is 0 Å². The third kappa shape index (κ3) is 3.86. The van der Waals surface area contributed by atoms with Gasteiger partial charge in [-0.3, -0.25) is 9.10 Å². The summed E-state index contributed by atoms with van der Waals surface area (Å²) in [6.45, 7) is 6.19. The number of rotatable bonds is 5. The molecule has 3 rings (SSSR count). The fourth-order valence-electron chi connectivity index (χ4n) is 3.54. The second-order valence-electron chi connectivity index (χ2n) is 6.84. The smallest absolute Gasteiger partial charge is 0.255 e. The zero-order valence-electron chi connectivity index (χ0n) is 16.1. The molecule has 144 valence electrons. The molecule has 0 spiro atoms. The largest absolute Gasteiger partial charge is 0.321 e. The van der Waals surface area contributed by atoms with Crippen LogP contribution in [0.3, 0.4) is 0 Å². The Morgan fingerprint density at radius 1 is 1.19 bits per heavy atom. The first-order chi connectivity index (χ1) is 12.9. The number of hydrogen-bond acceptors (Lipinski definition) is 3. The summed E-state index contributed by atoms with van der Waals surface area (Å²) in [4.78, 5) is 12.8. The molecule has 27 heavy (non-hydrogen) atoms. The number of anilines is 2. The summed E-state index contributed by atoms with van der Waals surface area (Å²) in [6, 6.07) is 11.3. The molecular formula is C21H26N2O3S. The maximum Gasteiger partial charge on any atom is 0.255 e. The third-order valence-electron chi connectivity index (χ3n) is 5.10. The first-order valence-electron chi connectivity index (χ1n) is 9.40. The van der Waals surface area contributed by atoms with Crippen LogP contribution >= 0.6 is 0 Å². The Hall–Kier alpha value is -2.34. The molecule has 0 aliphatic carbocycles. The Morgan fingerprint density at radius 2 is 1.96 bits per heavy atom. The topological polar surface area (TPSA) is 66.5 Å². The van der Waals surface area contributed by atoms with E-state index >= 15 is 0 Å². The second kappa shape index (κ2) is 7.72. The van der Waals surface area contributed by atoms with E-state index in [2.05, 4.69) is 12.2 Å². The molecule has 1 heterocycles. The summed E-state index contributed by atoms with van der Waals surface area (Å²) in [6.07, 6.45) is 2.37. The number of nitrogens with zero attached hydrogens (tertiary/aromatic N) is 1. The number of carbonyl (C=O) groups excluding carboxylic acids is 1. The predicted molar refractivity (Wildman–Crippen MR) is 110 cm³/mol. The average Bonchev–Trinajstić information content (AvgIpc) is 2.68. The highest BCUT2D eigenvalue weighted by Crippen LogP contribution is 2.31. The number of benzene rings is 2. The van der Waals surface area contributed by atoms with E-state index in [9.17, 15) is 13.2 Å². The quantitative estimate of drug-likeness (QED) is 0.847. The zero-order chi connectivity index (χ0) is 19.6. The van der Waals surface area contributed by atoms with E-state index in [1.807, 2.05) is 31.2 Å². The minimum absolute atomic E-state index is 0.0712. The Labute approximate surface area is 161 Å². The van der Waals surface area contributed by atoms with Crippen molar-refractivity contribution in [2.45, 2.75) is 40.0 Å². The summed E-state index contributed by atoms with van der Waals surface area (Å²) in [7, 11) is -3.30. The zero-order valence-corrected chi connectivity index (χ0v) is 16.9. The van der Waals surface area contributed by atoms with Crippen LogP contribution in [-0.2, 0) is 22.9 Å². The van der Waals surface area contributed by atoms with Gasteiger partial charge in [0, 0.05) is 17.8 Å². The van der Waals surface area contributed by atoms with Crippen LogP contribution < -0.4 is 9.62 Å². The standard InChI is InChI=1S/C21H26N2O3S/c1-4-16-9-6-8-15(3)20(16)22-21(24)18-11-12-19-17(14-18)10-7-13-23(19)27(25,26)5-2/h6,8-9,11-12,14H,4-5,7,10,13H2,1-3H3,(H,22,24). The van der Waals surface area contributed by atoms with Crippen LogP contribution in [0.15, 0.2) is 36.4 Å². The van der Waals surface area contributed by atoms with Crippen LogP contribution in [0.2, 0.25) is 0 Å². The highest BCUT2D eigenvalue weighted by Gasteiger charge is 2.26. The molecule has 0 aromatic heterocycles. The van der Waals surface area contributed by atoms with Gasteiger partial charge in [-0.1, -0.05) is 25.1 Å². The molecule has 0 bridgehead atoms. The lowest BCUT2D eigenvalue weighted by atomic mass is 10.00. The molecule has 0 radical (unpaired) electrons. The van der Waals surface area contributed by atoms with Crippen LogP contribution in [-0.4, -0.2) is 26.6 Å². The number of para-hydroxylation sites is 1. The van der Waals surface area contributed by atoms with Gasteiger partial charge in [-0.2, -0.15) is 0 Å². The van der Waals surface area contributed by atoms with Gasteiger partial charge in [-0.15, -0.1) is 0 Å². The van der Waals surface area contributed by atoms with Gasteiger partial charge >= 0.3 is 0 Å². The first kappa shape index (κ1) is 19.4. The van der Waals surface area contributed by atoms with Gasteiger partial charge in [0.2, 0.25) is 10.0 Å². The van der Waals surface area contributed by atoms with Crippen LogP contribution in [0.25, 0.3) is 0 Å². The average molecular weight is 387 g/mol. The molecule has 2 aromatic rings. The van der Waals surface area contributed by atoms with Crippen LogP contribution in [0.1, 0.15) is 47.3 Å². The van der Waals surface area contributed by atoms with Gasteiger partial charge < -0.3 is 5.32 Å². The van der Waals surface area contributed by atoms with Gasteiger partial charge in [0.1, 0.15) is 0 Å². The lowest BCUT2D eigenvalue weighted by molar-refractivity contribution is 0.102. The third-order valence-corrected chi connectivity index (χ3v) is 6.88. The number of carbonyl (C=O) groups is 1.